The van der Waals surface area contributed by atoms with Crippen LogP contribution in [0.1, 0.15) is 18.9 Å². The number of aromatic hydroxyl groups is 1. The third-order valence-electron chi connectivity index (χ3n) is 3.48. The van der Waals surface area contributed by atoms with Gasteiger partial charge in [-0.3, -0.25) is 0 Å². The van der Waals surface area contributed by atoms with Crippen molar-refractivity contribution in [2.45, 2.75) is 19.8 Å². The van der Waals surface area contributed by atoms with Crippen LogP contribution in [-0.2, 0) is 6.42 Å². The van der Waals surface area contributed by atoms with Crippen LogP contribution in [0.15, 0.2) is 30.3 Å². The zero-order chi connectivity index (χ0) is 15.7. The fourth-order valence-electron chi connectivity index (χ4n) is 2.45. The van der Waals surface area contributed by atoms with E-state index in [0.717, 1.165) is 18.4 Å². The van der Waals surface area contributed by atoms with E-state index >= 15 is 0 Å². The number of nitrogens with zero attached hydrogens (tertiary/aromatic N) is 3. The van der Waals surface area contributed by atoms with Crippen molar-refractivity contribution in [2.24, 2.45) is 0 Å². The maximum Gasteiger partial charge on any atom is 0.186 e. The molecule has 22 heavy (non-hydrogen) atoms. The van der Waals surface area contributed by atoms with Crippen LogP contribution in [0.4, 0.5) is 0 Å². The van der Waals surface area contributed by atoms with Crippen LogP contribution in [0.3, 0.4) is 0 Å². The molecule has 0 bridgehead atoms. The van der Waals surface area contributed by atoms with Crippen LogP contribution >= 0.6 is 11.6 Å². The van der Waals surface area contributed by atoms with Gasteiger partial charge in [-0.1, -0.05) is 31.0 Å². The Labute approximate surface area is 133 Å². The number of rotatable bonds is 4. The highest BCUT2D eigenvalue weighted by molar-refractivity contribution is 6.31. The molecule has 0 spiro atoms. The first-order chi connectivity index (χ1) is 10.6. The summed E-state index contributed by atoms with van der Waals surface area (Å²) in [5, 5.41) is 19.9. The lowest BCUT2D eigenvalue weighted by atomic mass is 10.1. The second-order valence-electron chi connectivity index (χ2n) is 5.00. The maximum atomic E-state index is 10.5. The van der Waals surface area contributed by atoms with Gasteiger partial charge in [0.2, 0.25) is 0 Å². The maximum absolute atomic E-state index is 10.5. The molecule has 5 nitrogen and oxygen atoms in total. The van der Waals surface area contributed by atoms with Crippen molar-refractivity contribution in [3.05, 3.63) is 40.9 Å². The molecular formula is C16H16ClN3O2. The summed E-state index contributed by atoms with van der Waals surface area (Å²) >= 11 is 5.99. The number of phenolic OH excluding ortho intramolecular Hbond substituents is 1. The smallest absolute Gasteiger partial charge is 0.186 e. The van der Waals surface area contributed by atoms with Gasteiger partial charge in [0.05, 0.1) is 7.11 Å². The molecule has 1 aromatic heterocycles. The molecule has 114 valence electrons. The van der Waals surface area contributed by atoms with E-state index in [1.54, 1.807) is 24.3 Å². The van der Waals surface area contributed by atoms with Gasteiger partial charge in [-0.15, -0.1) is 15.0 Å². The van der Waals surface area contributed by atoms with Crippen molar-refractivity contribution in [1.82, 2.24) is 15.0 Å². The molecule has 6 heteroatoms. The van der Waals surface area contributed by atoms with Crippen molar-refractivity contribution in [2.75, 3.05) is 7.11 Å². The summed E-state index contributed by atoms with van der Waals surface area (Å²) in [4.78, 5) is 1.45. The molecule has 1 heterocycles. The average Bonchev–Trinajstić information content (AvgIpc) is 2.90. The summed E-state index contributed by atoms with van der Waals surface area (Å²) in [5.41, 5.74) is 2.91. The quantitative estimate of drug-likeness (QED) is 0.796. The number of hydrogen-bond acceptors (Lipinski definition) is 4. The van der Waals surface area contributed by atoms with Crippen LogP contribution in [0.25, 0.3) is 16.7 Å². The Morgan fingerprint density at radius 1 is 1.18 bits per heavy atom. The lowest BCUT2D eigenvalue weighted by molar-refractivity contribution is 0.370. The number of benzene rings is 2. The van der Waals surface area contributed by atoms with Gasteiger partial charge >= 0.3 is 0 Å². The highest BCUT2D eigenvalue weighted by atomic mass is 35.5. The summed E-state index contributed by atoms with van der Waals surface area (Å²) in [5.74, 6) is 0.439. The van der Waals surface area contributed by atoms with Gasteiger partial charge in [0.25, 0.3) is 0 Å². The molecule has 0 aliphatic heterocycles. The molecule has 0 unspecified atom stereocenters. The van der Waals surface area contributed by atoms with E-state index < -0.39 is 0 Å². The van der Waals surface area contributed by atoms with Crippen LogP contribution in [-0.4, -0.2) is 27.2 Å². The lowest BCUT2D eigenvalue weighted by Crippen LogP contribution is -2.05. The Morgan fingerprint density at radius 3 is 2.68 bits per heavy atom. The van der Waals surface area contributed by atoms with Gasteiger partial charge in [0, 0.05) is 5.02 Å². The minimum Gasteiger partial charge on any atom is -0.503 e. The zero-order valence-electron chi connectivity index (χ0n) is 12.4. The number of fused-ring (bicyclic) bond motifs is 1. The first kappa shape index (κ1) is 14.7. The summed E-state index contributed by atoms with van der Waals surface area (Å²) in [6.07, 6.45) is 1.76. The van der Waals surface area contributed by atoms with Crippen molar-refractivity contribution in [1.29, 1.82) is 0 Å². The fraction of sp³-hybridized carbons (Fsp3) is 0.250. The predicted octanol–water partition coefficient (Wildman–Crippen LogP) is 3.74. The van der Waals surface area contributed by atoms with E-state index in [4.69, 9.17) is 16.3 Å². The molecule has 0 amide bonds. The molecule has 0 atom stereocenters. The summed E-state index contributed by atoms with van der Waals surface area (Å²) < 4.78 is 5.19. The van der Waals surface area contributed by atoms with E-state index in [0.29, 0.717) is 27.5 Å². The summed E-state index contributed by atoms with van der Waals surface area (Å²) in [6.45, 7) is 2.08. The molecule has 0 aliphatic rings. The van der Waals surface area contributed by atoms with Crippen molar-refractivity contribution in [3.63, 3.8) is 0 Å². The average molecular weight is 318 g/mol. The molecule has 0 saturated carbocycles. The molecule has 3 aromatic rings. The van der Waals surface area contributed by atoms with E-state index in [2.05, 4.69) is 17.1 Å². The monoisotopic (exact) mass is 317 g/mol. The Hall–Kier alpha value is -2.27. The Morgan fingerprint density at radius 2 is 1.95 bits per heavy atom. The first-order valence-electron chi connectivity index (χ1n) is 7.06. The zero-order valence-corrected chi connectivity index (χ0v) is 13.1. The largest absolute Gasteiger partial charge is 0.503 e. The van der Waals surface area contributed by atoms with Gasteiger partial charge in [-0.25, -0.2) is 0 Å². The molecule has 0 radical (unpaired) electrons. The lowest BCUT2D eigenvalue weighted by Gasteiger charge is -2.12. The summed E-state index contributed by atoms with van der Waals surface area (Å²) in [7, 11) is 1.52. The molecule has 0 saturated heterocycles. The molecule has 2 aromatic carbocycles. The number of hydrogen-bond donors (Lipinski definition) is 1. The third-order valence-corrected chi connectivity index (χ3v) is 3.71. The standard InChI is InChI=1S/C16H16ClN3O2/c1-3-4-10-5-8-14(22-2)16(21)15(10)20-18-12-7-6-11(17)9-13(12)19-20/h5-9,21H,3-4H2,1-2H3. The predicted molar refractivity (Wildman–Crippen MR) is 86.1 cm³/mol. The second kappa shape index (κ2) is 5.85. The SMILES string of the molecule is CCCc1ccc(OC)c(O)c1-n1nc2ccc(Cl)cc2n1. The number of phenols is 1. The van der Waals surface area contributed by atoms with Crippen molar-refractivity contribution in [3.8, 4) is 17.2 Å². The van der Waals surface area contributed by atoms with Gasteiger partial charge < -0.3 is 9.84 Å². The molecule has 3 rings (SSSR count). The molecule has 0 aliphatic carbocycles. The fourth-order valence-corrected chi connectivity index (χ4v) is 2.62. The van der Waals surface area contributed by atoms with Gasteiger partial charge in [-0.2, -0.15) is 0 Å². The Kier molecular flexibility index (Phi) is 3.90. The Bertz CT molecular complexity index is 830. The van der Waals surface area contributed by atoms with Crippen molar-refractivity contribution >= 4 is 22.6 Å². The van der Waals surface area contributed by atoms with Gasteiger partial charge in [0.15, 0.2) is 11.5 Å². The normalized spacial score (nSPS) is 11.0. The van der Waals surface area contributed by atoms with Crippen molar-refractivity contribution < 1.29 is 9.84 Å². The Balaban J connectivity index is 2.23. The number of methoxy groups -OCH3 is 1. The minimum absolute atomic E-state index is 0.0415. The highest BCUT2D eigenvalue weighted by Gasteiger charge is 2.17. The van der Waals surface area contributed by atoms with E-state index in [1.165, 1.54) is 11.9 Å². The topological polar surface area (TPSA) is 60.2 Å². The molecule has 1 N–H and O–H groups in total. The third kappa shape index (κ3) is 2.48. The second-order valence-corrected chi connectivity index (χ2v) is 5.43. The van der Waals surface area contributed by atoms with Crippen LogP contribution in [0.2, 0.25) is 5.02 Å². The minimum atomic E-state index is 0.0415. The van der Waals surface area contributed by atoms with Crippen LogP contribution < -0.4 is 4.74 Å². The number of aryl methyl sites for hydroxylation is 1. The number of halogens is 1. The molecular weight excluding hydrogens is 302 g/mol. The van der Waals surface area contributed by atoms with Gasteiger partial charge in [-0.05, 0) is 36.2 Å². The number of aromatic nitrogens is 3. The van der Waals surface area contributed by atoms with Gasteiger partial charge in [0.1, 0.15) is 16.7 Å². The first-order valence-corrected chi connectivity index (χ1v) is 7.43. The van der Waals surface area contributed by atoms with E-state index in [-0.39, 0.29) is 5.75 Å². The van der Waals surface area contributed by atoms with Crippen LogP contribution in [0, 0.1) is 0 Å². The highest BCUT2D eigenvalue weighted by Crippen LogP contribution is 2.35. The summed E-state index contributed by atoms with van der Waals surface area (Å²) in [6, 6.07) is 9.00. The van der Waals surface area contributed by atoms with E-state index in [1.807, 2.05) is 6.07 Å². The molecule has 0 fully saturated rings. The van der Waals surface area contributed by atoms with E-state index in [9.17, 15) is 5.11 Å². The van der Waals surface area contributed by atoms with Crippen LogP contribution in [0.5, 0.6) is 11.5 Å². The number of ether oxygens (including phenoxy) is 1.